The Hall–Kier alpha value is -4.53. The topological polar surface area (TPSA) is 99.2 Å². The van der Waals surface area contributed by atoms with Crippen LogP contribution in [0.5, 0.6) is 5.88 Å². The summed E-state index contributed by atoms with van der Waals surface area (Å²) in [7, 11) is 0. The first kappa shape index (κ1) is 21.0. The number of piperidine rings is 1. The fraction of sp³-hybridized carbons (Fsp3) is 0.192. The van der Waals surface area contributed by atoms with Crippen molar-refractivity contribution in [3.05, 3.63) is 84.7 Å². The molecule has 0 saturated carbocycles. The van der Waals surface area contributed by atoms with Gasteiger partial charge in [-0.15, -0.1) is 10.2 Å². The SMILES string of the molecule is O=C(c1ccc2noc(-c3ccccc3)c2c1)N1CCC(Oc2ccc(-n3cccn3)nn2)CC1. The molecule has 35 heavy (non-hydrogen) atoms. The van der Waals surface area contributed by atoms with Crippen LogP contribution in [-0.2, 0) is 0 Å². The molecule has 4 heterocycles. The number of fused-ring (bicyclic) bond motifs is 1. The Morgan fingerprint density at radius 2 is 1.83 bits per heavy atom. The Labute approximate surface area is 200 Å². The highest BCUT2D eigenvalue weighted by Gasteiger charge is 2.26. The van der Waals surface area contributed by atoms with E-state index in [0.717, 1.165) is 29.3 Å². The smallest absolute Gasteiger partial charge is 0.253 e. The molecule has 174 valence electrons. The predicted molar refractivity (Wildman–Crippen MR) is 128 cm³/mol. The van der Waals surface area contributed by atoms with Crippen molar-refractivity contribution < 1.29 is 14.1 Å². The first-order chi connectivity index (χ1) is 17.2. The summed E-state index contributed by atoms with van der Waals surface area (Å²) in [6.45, 7) is 1.21. The van der Waals surface area contributed by atoms with E-state index in [9.17, 15) is 4.79 Å². The van der Waals surface area contributed by atoms with Crippen LogP contribution in [0, 0.1) is 0 Å². The molecule has 6 rings (SSSR count). The van der Waals surface area contributed by atoms with E-state index in [1.165, 1.54) is 0 Å². The summed E-state index contributed by atoms with van der Waals surface area (Å²) in [6.07, 6.45) is 4.92. The zero-order valence-corrected chi connectivity index (χ0v) is 18.8. The number of carbonyl (C=O) groups excluding carboxylic acids is 1. The van der Waals surface area contributed by atoms with Gasteiger partial charge in [-0.05, 0) is 30.3 Å². The molecule has 0 radical (unpaired) electrons. The Morgan fingerprint density at radius 1 is 0.971 bits per heavy atom. The first-order valence-corrected chi connectivity index (χ1v) is 11.5. The maximum Gasteiger partial charge on any atom is 0.253 e. The van der Waals surface area contributed by atoms with E-state index in [4.69, 9.17) is 9.26 Å². The van der Waals surface area contributed by atoms with Gasteiger partial charge in [0.1, 0.15) is 11.6 Å². The molecule has 2 aromatic carbocycles. The highest BCUT2D eigenvalue weighted by Crippen LogP contribution is 2.30. The number of amides is 1. The lowest BCUT2D eigenvalue weighted by atomic mass is 10.0. The molecule has 5 aromatic rings. The molecule has 1 fully saturated rings. The summed E-state index contributed by atoms with van der Waals surface area (Å²) < 4.78 is 13.2. The lowest BCUT2D eigenvalue weighted by Crippen LogP contribution is -2.41. The van der Waals surface area contributed by atoms with Crippen molar-refractivity contribution in [2.24, 2.45) is 0 Å². The van der Waals surface area contributed by atoms with Crippen LogP contribution in [0.3, 0.4) is 0 Å². The van der Waals surface area contributed by atoms with Gasteiger partial charge in [0, 0.05) is 55.5 Å². The number of aromatic nitrogens is 5. The zero-order valence-electron chi connectivity index (χ0n) is 18.8. The van der Waals surface area contributed by atoms with Gasteiger partial charge in [0.2, 0.25) is 5.88 Å². The molecule has 0 unspecified atom stereocenters. The van der Waals surface area contributed by atoms with Gasteiger partial charge in [-0.3, -0.25) is 4.79 Å². The van der Waals surface area contributed by atoms with Crippen LogP contribution in [0.15, 0.2) is 83.6 Å². The van der Waals surface area contributed by atoms with E-state index >= 15 is 0 Å². The Morgan fingerprint density at radius 3 is 2.57 bits per heavy atom. The molecule has 1 amide bonds. The van der Waals surface area contributed by atoms with Crippen LogP contribution in [0.1, 0.15) is 23.2 Å². The fourth-order valence-corrected chi connectivity index (χ4v) is 4.30. The third-order valence-electron chi connectivity index (χ3n) is 6.14. The van der Waals surface area contributed by atoms with Gasteiger partial charge in [0.25, 0.3) is 5.91 Å². The van der Waals surface area contributed by atoms with Gasteiger partial charge in [-0.1, -0.05) is 35.5 Å². The van der Waals surface area contributed by atoms with Crippen LogP contribution < -0.4 is 4.74 Å². The minimum Gasteiger partial charge on any atom is -0.473 e. The monoisotopic (exact) mass is 466 g/mol. The molecule has 1 saturated heterocycles. The Balaban J connectivity index is 1.11. The summed E-state index contributed by atoms with van der Waals surface area (Å²) in [5, 5.41) is 17.4. The van der Waals surface area contributed by atoms with Gasteiger partial charge in [0.05, 0.1) is 5.39 Å². The second-order valence-corrected chi connectivity index (χ2v) is 8.40. The van der Waals surface area contributed by atoms with Crippen molar-refractivity contribution in [2.45, 2.75) is 18.9 Å². The Kier molecular flexibility index (Phi) is 5.42. The number of likely N-dealkylation sites (tertiary alicyclic amines) is 1. The number of nitrogens with zero attached hydrogens (tertiary/aromatic N) is 6. The Bertz CT molecular complexity index is 1440. The highest BCUT2D eigenvalue weighted by molar-refractivity contribution is 6.01. The van der Waals surface area contributed by atoms with E-state index in [1.54, 1.807) is 29.2 Å². The van der Waals surface area contributed by atoms with Crippen molar-refractivity contribution in [1.29, 1.82) is 0 Å². The van der Waals surface area contributed by atoms with Crippen LogP contribution in [0.25, 0.3) is 28.0 Å². The third-order valence-corrected chi connectivity index (χ3v) is 6.14. The standard InChI is InChI=1S/C26H22N6O3/c33-26(19-7-8-22-21(17-19)25(35-30-22)18-5-2-1-3-6-18)31-15-11-20(12-16-31)34-24-10-9-23(28-29-24)32-14-4-13-27-32/h1-10,13-14,17,20H,11-12,15-16H2. The molecule has 9 heteroatoms. The molecule has 3 aromatic heterocycles. The number of rotatable bonds is 5. The summed E-state index contributed by atoms with van der Waals surface area (Å²) in [4.78, 5) is 15.1. The van der Waals surface area contributed by atoms with Crippen molar-refractivity contribution in [3.63, 3.8) is 0 Å². The van der Waals surface area contributed by atoms with E-state index in [0.29, 0.717) is 36.1 Å². The minimum absolute atomic E-state index is 0.00562. The van der Waals surface area contributed by atoms with Crippen molar-refractivity contribution in [1.82, 2.24) is 30.0 Å². The second-order valence-electron chi connectivity index (χ2n) is 8.40. The molecule has 1 aliphatic heterocycles. The molecular formula is C26H22N6O3. The number of hydrogen-bond donors (Lipinski definition) is 0. The molecule has 0 atom stereocenters. The largest absolute Gasteiger partial charge is 0.473 e. The average molecular weight is 467 g/mol. The molecule has 9 nitrogen and oxygen atoms in total. The van der Waals surface area contributed by atoms with Crippen LogP contribution >= 0.6 is 0 Å². The van der Waals surface area contributed by atoms with Gasteiger partial charge < -0.3 is 14.2 Å². The summed E-state index contributed by atoms with van der Waals surface area (Å²) >= 11 is 0. The van der Waals surface area contributed by atoms with Gasteiger partial charge in [-0.25, -0.2) is 4.68 Å². The first-order valence-electron chi connectivity index (χ1n) is 11.5. The van der Waals surface area contributed by atoms with Crippen LogP contribution in [-0.4, -0.2) is 55.1 Å². The predicted octanol–water partition coefficient (Wildman–Crippen LogP) is 4.15. The lowest BCUT2D eigenvalue weighted by molar-refractivity contribution is 0.0586. The van der Waals surface area contributed by atoms with Gasteiger partial charge >= 0.3 is 0 Å². The summed E-state index contributed by atoms with van der Waals surface area (Å²) in [5.74, 6) is 1.76. The third kappa shape index (κ3) is 4.23. The van der Waals surface area contributed by atoms with E-state index < -0.39 is 0 Å². The van der Waals surface area contributed by atoms with E-state index in [2.05, 4.69) is 20.5 Å². The summed E-state index contributed by atoms with van der Waals surface area (Å²) in [5.41, 5.74) is 2.28. The number of ether oxygens (including phenoxy) is 1. The van der Waals surface area contributed by atoms with Crippen molar-refractivity contribution in [2.75, 3.05) is 13.1 Å². The zero-order chi connectivity index (χ0) is 23.6. The van der Waals surface area contributed by atoms with Crippen molar-refractivity contribution >= 4 is 16.8 Å². The number of carbonyl (C=O) groups is 1. The van der Waals surface area contributed by atoms with Crippen LogP contribution in [0.2, 0.25) is 0 Å². The van der Waals surface area contributed by atoms with E-state index in [1.807, 2.05) is 59.5 Å². The van der Waals surface area contributed by atoms with Gasteiger partial charge in [0.15, 0.2) is 11.6 Å². The molecule has 0 spiro atoms. The second kappa shape index (κ2) is 9.02. The van der Waals surface area contributed by atoms with Gasteiger partial charge in [-0.2, -0.15) is 5.10 Å². The highest BCUT2D eigenvalue weighted by atomic mass is 16.5. The summed E-state index contributed by atoms with van der Waals surface area (Å²) in [6, 6.07) is 20.7. The normalized spacial score (nSPS) is 14.3. The molecule has 0 N–H and O–H groups in total. The lowest BCUT2D eigenvalue weighted by Gasteiger charge is -2.32. The molecular weight excluding hydrogens is 444 g/mol. The maximum atomic E-state index is 13.2. The fourth-order valence-electron chi connectivity index (χ4n) is 4.30. The molecule has 1 aliphatic rings. The minimum atomic E-state index is -0.0193. The maximum absolute atomic E-state index is 13.2. The molecule has 0 aliphatic carbocycles. The quantitative estimate of drug-likeness (QED) is 0.384. The average Bonchev–Trinajstić information content (AvgIpc) is 3.60. The van der Waals surface area contributed by atoms with Crippen molar-refractivity contribution in [3.8, 4) is 23.0 Å². The van der Waals surface area contributed by atoms with Crippen LogP contribution in [0.4, 0.5) is 0 Å². The van der Waals surface area contributed by atoms with E-state index in [-0.39, 0.29) is 12.0 Å². The number of benzene rings is 2. The number of hydrogen-bond acceptors (Lipinski definition) is 7. The molecule has 0 bridgehead atoms.